The number of unbranched alkanes of at least 4 members (excludes halogenated alkanes) is 4. The Morgan fingerprint density at radius 1 is 0.797 bits per heavy atom. The van der Waals surface area contributed by atoms with Crippen molar-refractivity contribution in [2.24, 2.45) is 5.92 Å². The van der Waals surface area contributed by atoms with E-state index in [9.17, 15) is 28.0 Å². The quantitative estimate of drug-likeness (QED) is 0.0692. The topological polar surface area (TPSA) is 169 Å². The molecular weight excluding hydrogens is 823 g/mol. The van der Waals surface area contributed by atoms with Crippen LogP contribution in [0.5, 0.6) is 0 Å². The molecule has 1 saturated carbocycles. The number of nitrogens with one attached hydrogen (secondary N) is 4. The van der Waals surface area contributed by atoms with Crippen LogP contribution in [0.4, 0.5) is 19.3 Å². The maximum absolute atomic E-state index is 14.0. The van der Waals surface area contributed by atoms with Gasteiger partial charge in [-0.25, -0.2) is 13.6 Å². The van der Waals surface area contributed by atoms with Crippen molar-refractivity contribution in [1.29, 1.82) is 0 Å². The average Bonchev–Trinajstić information content (AvgIpc) is 3.78. The van der Waals surface area contributed by atoms with Crippen molar-refractivity contribution >= 4 is 29.5 Å². The number of alkyl carbamates (subject to hydrolysis) is 1. The fraction of sp³-hybridized carbons (Fsp3) is 0.625. The third-order valence-corrected chi connectivity index (χ3v) is 12.9. The predicted octanol–water partition coefficient (Wildman–Crippen LogP) is 7.90. The minimum absolute atomic E-state index is 0.163. The molecule has 1 aromatic heterocycles. The molecule has 14 nitrogen and oxygen atoms in total. The van der Waals surface area contributed by atoms with E-state index in [2.05, 4.69) is 54.8 Å². The number of nitrogens with zero attached hydrogens (tertiary/aromatic N) is 4. The highest BCUT2D eigenvalue weighted by atomic mass is 19.3. The third kappa shape index (κ3) is 14.5. The van der Waals surface area contributed by atoms with Crippen molar-refractivity contribution < 1.29 is 37.4 Å². The summed E-state index contributed by atoms with van der Waals surface area (Å²) in [5.41, 5.74) is 2.36. The van der Waals surface area contributed by atoms with Crippen LogP contribution < -0.4 is 21.3 Å². The van der Waals surface area contributed by atoms with Gasteiger partial charge in [0.25, 0.3) is 0 Å². The molecule has 3 aromatic rings. The summed E-state index contributed by atoms with van der Waals surface area (Å²) in [5.74, 6) is -1.78. The second-order valence-electron chi connectivity index (χ2n) is 18.1. The van der Waals surface area contributed by atoms with Gasteiger partial charge in [-0.1, -0.05) is 75.6 Å². The second-order valence-corrected chi connectivity index (χ2v) is 18.1. The van der Waals surface area contributed by atoms with Crippen molar-refractivity contribution in [3.8, 4) is 0 Å². The maximum Gasteiger partial charge on any atom is 0.407 e. The Morgan fingerprint density at radius 3 is 2.11 bits per heavy atom. The number of halogens is 2. The van der Waals surface area contributed by atoms with E-state index in [1.165, 1.54) is 0 Å². The van der Waals surface area contributed by atoms with Gasteiger partial charge >= 0.3 is 6.09 Å². The van der Waals surface area contributed by atoms with Crippen molar-refractivity contribution in [3.63, 3.8) is 0 Å². The third-order valence-electron chi connectivity index (χ3n) is 12.9. The summed E-state index contributed by atoms with van der Waals surface area (Å²) in [6, 6.07) is 17.7. The first-order chi connectivity index (χ1) is 30.8. The van der Waals surface area contributed by atoms with Crippen LogP contribution in [0.25, 0.3) is 0 Å². The van der Waals surface area contributed by atoms with Crippen LogP contribution in [-0.2, 0) is 30.5 Å². The Bertz CT molecular complexity index is 1940. The Hall–Kier alpha value is -4.96. The van der Waals surface area contributed by atoms with E-state index >= 15 is 0 Å². The molecule has 64 heavy (non-hydrogen) atoms. The predicted molar refractivity (Wildman–Crippen MR) is 240 cm³/mol. The monoisotopic (exact) mass is 891 g/mol. The van der Waals surface area contributed by atoms with Crippen LogP contribution in [0.2, 0.25) is 0 Å². The number of hydrogen-bond acceptors (Lipinski definition) is 9. The molecule has 16 heteroatoms. The standard InChI is InChI=1S/C48H68F2N8O6/c1-33(2)45-56-55-34(3)58(45)41-28-39-18-19-40(29-41)57(39)27-22-42(54-46(61)37-20-23-48(49,50)24-21-37)36-14-16-38(17-15-36)53-44(60)32-63-31-43(59)51-25-10-5-4-6-11-26-52-47(62)64-30-35-12-8-7-9-13-35/h7-9,12-17,33,37,39-42H,4-6,10-11,18-32H2,1-3H3,(H,51,59)(H,52,62)(H,53,60)(H,54,61). The molecule has 350 valence electrons. The zero-order valence-corrected chi connectivity index (χ0v) is 37.8. The van der Waals surface area contributed by atoms with Gasteiger partial charge in [-0.05, 0) is 88.0 Å². The van der Waals surface area contributed by atoms with Gasteiger partial charge in [0, 0.05) is 68.1 Å². The van der Waals surface area contributed by atoms with Gasteiger partial charge in [-0.15, -0.1) is 10.2 Å². The molecule has 3 heterocycles. The molecular formula is C48H68F2N8O6. The van der Waals surface area contributed by atoms with Gasteiger partial charge < -0.3 is 35.3 Å². The molecule has 2 bridgehead atoms. The van der Waals surface area contributed by atoms with E-state index < -0.39 is 23.8 Å². The minimum Gasteiger partial charge on any atom is -0.445 e. The number of carbonyl (C=O) groups is 4. The van der Waals surface area contributed by atoms with Crippen LogP contribution in [-0.4, -0.2) is 94.3 Å². The van der Waals surface area contributed by atoms with Crippen molar-refractivity contribution in [3.05, 3.63) is 77.4 Å². The zero-order valence-electron chi connectivity index (χ0n) is 37.8. The van der Waals surface area contributed by atoms with E-state index in [-0.39, 0.29) is 69.3 Å². The number of aromatic nitrogens is 3. The molecule has 4 amide bonds. The van der Waals surface area contributed by atoms with Crippen LogP contribution in [0.15, 0.2) is 54.6 Å². The lowest BCUT2D eigenvalue weighted by Crippen LogP contribution is -2.45. The van der Waals surface area contributed by atoms with E-state index in [0.29, 0.717) is 43.3 Å². The molecule has 3 aliphatic rings. The molecule has 4 N–H and O–H groups in total. The maximum atomic E-state index is 14.0. The number of aryl methyl sites for hydroxylation is 1. The van der Waals surface area contributed by atoms with Crippen molar-refractivity contribution in [1.82, 2.24) is 35.6 Å². The SMILES string of the molecule is Cc1nnc(C(C)C)n1C1CC2CCC(C1)N2CCC(NC(=O)C1CCC(F)(F)CC1)c1ccc(NC(=O)COCC(=O)NCCCCCCCNC(=O)OCc2ccccc2)cc1. The molecule has 2 saturated heterocycles. The fourth-order valence-electron chi connectivity index (χ4n) is 9.50. The molecule has 0 radical (unpaired) electrons. The molecule has 2 aromatic carbocycles. The van der Waals surface area contributed by atoms with Gasteiger partial charge in [-0.3, -0.25) is 19.3 Å². The normalized spacial score (nSPS) is 20.1. The molecule has 1 aliphatic carbocycles. The summed E-state index contributed by atoms with van der Waals surface area (Å²) in [5, 5.41) is 20.5. The highest BCUT2D eigenvalue weighted by Gasteiger charge is 2.43. The number of fused-ring (bicyclic) bond motifs is 2. The van der Waals surface area contributed by atoms with Gasteiger partial charge in [0.15, 0.2) is 0 Å². The summed E-state index contributed by atoms with van der Waals surface area (Å²) in [6.07, 6.45) is 8.77. The molecule has 2 aliphatic heterocycles. The number of benzene rings is 2. The molecule has 3 atom stereocenters. The number of rotatable bonds is 23. The zero-order chi connectivity index (χ0) is 45.5. The van der Waals surface area contributed by atoms with Crippen LogP contribution in [0.3, 0.4) is 0 Å². The van der Waals surface area contributed by atoms with Crippen molar-refractivity contribution in [2.75, 3.05) is 38.2 Å². The number of alkyl halides is 2. The van der Waals surface area contributed by atoms with Crippen LogP contribution in [0.1, 0.15) is 145 Å². The lowest BCUT2D eigenvalue weighted by Gasteiger charge is -2.40. The first-order valence-corrected chi connectivity index (χ1v) is 23.4. The van der Waals surface area contributed by atoms with Crippen molar-refractivity contribution in [2.45, 2.75) is 153 Å². The largest absolute Gasteiger partial charge is 0.445 e. The Labute approximate surface area is 376 Å². The lowest BCUT2D eigenvalue weighted by molar-refractivity contribution is -0.130. The number of ether oxygens (including phenoxy) is 2. The Balaban J connectivity index is 0.894. The second kappa shape index (κ2) is 23.8. The summed E-state index contributed by atoms with van der Waals surface area (Å²) >= 11 is 0. The molecule has 3 fully saturated rings. The van der Waals surface area contributed by atoms with Crippen LogP contribution in [0, 0.1) is 12.8 Å². The van der Waals surface area contributed by atoms with E-state index in [0.717, 1.165) is 87.1 Å². The van der Waals surface area contributed by atoms with Gasteiger partial charge in [0.2, 0.25) is 23.6 Å². The molecule has 3 unspecified atom stereocenters. The Morgan fingerprint density at radius 2 is 1.44 bits per heavy atom. The van der Waals surface area contributed by atoms with Gasteiger partial charge in [0.1, 0.15) is 31.5 Å². The highest BCUT2D eigenvalue weighted by Crippen LogP contribution is 2.43. The Kier molecular flexibility index (Phi) is 18.0. The van der Waals surface area contributed by atoms with Gasteiger partial charge in [0.05, 0.1) is 6.04 Å². The smallest absolute Gasteiger partial charge is 0.407 e. The first-order valence-electron chi connectivity index (χ1n) is 23.4. The van der Waals surface area contributed by atoms with E-state index in [1.54, 1.807) is 12.1 Å². The van der Waals surface area contributed by atoms with E-state index in [4.69, 9.17) is 9.47 Å². The summed E-state index contributed by atoms with van der Waals surface area (Å²) in [7, 11) is 0. The number of piperidine rings is 1. The molecule has 0 spiro atoms. The van der Waals surface area contributed by atoms with E-state index in [1.807, 2.05) is 49.4 Å². The first kappa shape index (κ1) is 48.5. The summed E-state index contributed by atoms with van der Waals surface area (Å²) < 4.78 is 40.9. The highest BCUT2D eigenvalue weighted by molar-refractivity contribution is 5.92. The summed E-state index contributed by atoms with van der Waals surface area (Å²) in [4.78, 5) is 53.0. The van der Waals surface area contributed by atoms with Crippen LogP contribution >= 0.6 is 0 Å². The lowest BCUT2D eigenvalue weighted by atomic mass is 9.86. The number of anilines is 1. The summed E-state index contributed by atoms with van der Waals surface area (Å²) in [6.45, 7) is 7.88. The fourth-order valence-corrected chi connectivity index (χ4v) is 9.50. The molecule has 6 rings (SSSR count). The van der Waals surface area contributed by atoms with Gasteiger partial charge in [-0.2, -0.15) is 0 Å². The minimum atomic E-state index is -2.72. The number of amides is 4. The number of carbonyl (C=O) groups excluding carboxylic acids is 4. The average molecular weight is 891 g/mol. The number of hydrogen-bond donors (Lipinski definition) is 4.